The lowest BCUT2D eigenvalue weighted by Crippen LogP contribution is -2.31. The molecule has 6 heteroatoms. The van der Waals surface area contributed by atoms with Crippen LogP contribution in [0.1, 0.15) is 18.3 Å². The highest BCUT2D eigenvalue weighted by atomic mass is 16.5. The molecule has 1 aromatic carbocycles. The molecule has 122 valence electrons. The predicted molar refractivity (Wildman–Crippen MR) is 91.5 cm³/mol. The third-order valence-electron chi connectivity index (χ3n) is 4.19. The molecule has 0 saturated carbocycles. The third kappa shape index (κ3) is 2.71. The molecule has 3 aromatic rings. The van der Waals surface area contributed by atoms with Gasteiger partial charge in [-0.25, -0.2) is 15.0 Å². The number of fused-ring (bicyclic) bond motifs is 1. The average Bonchev–Trinajstić information content (AvgIpc) is 3.06. The minimum atomic E-state index is 0.599. The molecular formula is C18H19N5O. The van der Waals surface area contributed by atoms with Crippen molar-refractivity contribution in [3.05, 3.63) is 60.4 Å². The topological polar surface area (TPSA) is 56.1 Å². The Labute approximate surface area is 140 Å². The number of anilines is 1. The molecule has 0 radical (unpaired) electrons. The van der Waals surface area contributed by atoms with Crippen LogP contribution in [0.2, 0.25) is 0 Å². The molecule has 2 aromatic heterocycles. The molecule has 0 amide bonds. The summed E-state index contributed by atoms with van der Waals surface area (Å²) in [6, 6.07) is 12.2. The number of ether oxygens (including phenoxy) is 1. The SMILES string of the molecule is CCOc1cc(N2CCc3c(ncn3-c3ccccc3)C2)ncn1. The Hall–Kier alpha value is -2.89. The van der Waals surface area contributed by atoms with Crippen molar-refractivity contribution < 1.29 is 4.74 Å². The second-order valence-electron chi connectivity index (χ2n) is 5.66. The van der Waals surface area contributed by atoms with Crippen molar-refractivity contribution in [2.75, 3.05) is 18.1 Å². The number of hydrogen-bond acceptors (Lipinski definition) is 5. The van der Waals surface area contributed by atoms with Crippen LogP contribution >= 0.6 is 0 Å². The van der Waals surface area contributed by atoms with Gasteiger partial charge < -0.3 is 14.2 Å². The van der Waals surface area contributed by atoms with E-state index in [1.54, 1.807) is 6.33 Å². The molecule has 0 N–H and O–H groups in total. The van der Waals surface area contributed by atoms with Gasteiger partial charge in [0.25, 0.3) is 0 Å². The Balaban J connectivity index is 1.59. The summed E-state index contributed by atoms with van der Waals surface area (Å²) in [7, 11) is 0. The Morgan fingerprint density at radius 3 is 2.83 bits per heavy atom. The summed E-state index contributed by atoms with van der Waals surface area (Å²) in [5.41, 5.74) is 3.53. The minimum absolute atomic E-state index is 0.599. The van der Waals surface area contributed by atoms with Gasteiger partial charge in [0.2, 0.25) is 5.88 Å². The van der Waals surface area contributed by atoms with E-state index in [-0.39, 0.29) is 0 Å². The number of rotatable bonds is 4. The van der Waals surface area contributed by atoms with Crippen LogP contribution in [0.3, 0.4) is 0 Å². The van der Waals surface area contributed by atoms with Gasteiger partial charge in [0, 0.05) is 30.4 Å². The molecule has 0 unspecified atom stereocenters. The smallest absolute Gasteiger partial charge is 0.218 e. The van der Waals surface area contributed by atoms with Crippen LogP contribution in [0.15, 0.2) is 49.1 Å². The molecule has 0 atom stereocenters. The van der Waals surface area contributed by atoms with Gasteiger partial charge in [-0.1, -0.05) is 18.2 Å². The van der Waals surface area contributed by atoms with E-state index in [4.69, 9.17) is 4.74 Å². The lowest BCUT2D eigenvalue weighted by molar-refractivity contribution is 0.326. The fraction of sp³-hybridized carbons (Fsp3) is 0.278. The number of nitrogens with zero attached hydrogens (tertiary/aromatic N) is 5. The van der Waals surface area contributed by atoms with Gasteiger partial charge in [0.15, 0.2) is 0 Å². The van der Waals surface area contributed by atoms with Gasteiger partial charge in [-0.05, 0) is 19.1 Å². The highest BCUT2D eigenvalue weighted by Gasteiger charge is 2.22. The zero-order valence-corrected chi connectivity index (χ0v) is 13.6. The molecule has 3 heterocycles. The molecule has 24 heavy (non-hydrogen) atoms. The Kier molecular flexibility index (Phi) is 3.86. The van der Waals surface area contributed by atoms with Gasteiger partial charge in [-0.15, -0.1) is 0 Å². The highest BCUT2D eigenvalue weighted by molar-refractivity contribution is 5.45. The molecule has 6 nitrogen and oxygen atoms in total. The molecule has 1 aliphatic heterocycles. The molecule has 4 rings (SSSR count). The van der Waals surface area contributed by atoms with Crippen LogP contribution in [-0.4, -0.2) is 32.7 Å². The van der Waals surface area contributed by atoms with Crippen molar-refractivity contribution in [3.8, 4) is 11.6 Å². The van der Waals surface area contributed by atoms with Crippen molar-refractivity contribution in [1.82, 2.24) is 19.5 Å². The van der Waals surface area contributed by atoms with Crippen molar-refractivity contribution in [2.24, 2.45) is 0 Å². The van der Waals surface area contributed by atoms with Crippen molar-refractivity contribution in [1.29, 1.82) is 0 Å². The van der Waals surface area contributed by atoms with Crippen molar-refractivity contribution in [3.63, 3.8) is 0 Å². The number of hydrogen-bond donors (Lipinski definition) is 0. The maximum atomic E-state index is 5.47. The summed E-state index contributed by atoms with van der Waals surface area (Å²) in [6.07, 6.45) is 4.39. The first-order chi connectivity index (χ1) is 11.8. The minimum Gasteiger partial charge on any atom is -0.478 e. The first kappa shape index (κ1) is 14.7. The third-order valence-corrected chi connectivity index (χ3v) is 4.19. The molecule has 0 aliphatic carbocycles. The van der Waals surface area contributed by atoms with E-state index >= 15 is 0 Å². The number of imidazole rings is 1. The Bertz CT molecular complexity index is 830. The van der Waals surface area contributed by atoms with Gasteiger partial charge in [0.05, 0.1) is 25.2 Å². The highest BCUT2D eigenvalue weighted by Crippen LogP contribution is 2.25. The van der Waals surface area contributed by atoms with Crippen molar-refractivity contribution >= 4 is 5.82 Å². The first-order valence-corrected chi connectivity index (χ1v) is 8.15. The Morgan fingerprint density at radius 1 is 1.12 bits per heavy atom. The summed E-state index contributed by atoms with van der Waals surface area (Å²) >= 11 is 0. The van der Waals surface area contributed by atoms with E-state index in [1.165, 1.54) is 5.69 Å². The normalized spacial score (nSPS) is 13.6. The summed E-state index contributed by atoms with van der Waals surface area (Å²) in [6.45, 7) is 4.19. The van der Waals surface area contributed by atoms with Crippen LogP contribution in [0, 0.1) is 0 Å². The molecular weight excluding hydrogens is 302 g/mol. The molecule has 0 bridgehead atoms. The maximum Gasteiger partial charge on any atom is 0.218 e. The second-order valence-corrected chi connectivity index (χ2v) is 5.66. The first-order valence-electron chi connectivity index (χ1n) is 8.15. The second kappa shape index (κ2) is 6.31. The molecule has 0 spiro atoms. The predicted octanol–water partition coefficient (Wildman–Crippen LogP) is 2.62. The summed E-state index contributed by atoms with van der Waals surface area (Å²) in [5.74, 6) is 1.50. The van der Waals surface area contributed by atoms with Crippen LogP contribution in [0.25, 0.3) is 5.69 Å². The van der Waals surface area contributed by atoms with E-state index in [0.29, 0.717) is 12.5 Å². The van der Waals surface area contributed by atoms with E-state index in [2.05, 4.69) is 36.6 Å². The van der Waals surface area contributed by atoms with Gasteiger partial charge in [-0.3, -0.25) is 0 Å². The van der Waals surface area contributed by atoms with E-state index in [0.717, 1.165) is 36.7 Å². The fourth-order valence-electron chi connectivity index (χ4n) is 3.04. The Morgan fingerprint density at radius 2 is 2.00 bits per heavy atom. The molecule has 0 saturated heterocycles. The standard InChI is InChI=1S/C18H19N5O/c1-2-24-18-10-17(19-12-20-18)22-9-8-16-15(11-22)21-13-23(16)14-6-4-3-5-7-14/h3-7,10,12-13H,2,8-9,11H2,1H3. The van der Waals surface area contributed by atoms with E-state index < -0.39 is 0 Å². The quantitative estimate of drug-likeness (QED) is 0.739. The van der Waals surface area contributed by atoms with Crippen LogP contribution in [0.5, 0.6) is 5.88 Å². The van der Waals surface area contributed by atoms with Crippen LogP contribution in [0.4, 0.5) is 5.82 Å². The summed E-state index contributed by atoms with van der Waals surface area (Å²) < 4.78 is 7.65. The summed E-state index contributed by atoms with van der Waals surface area (Å²) in [4.78, 5) is 15.3. The van der Waals surface area contributed by atoms with E-state index in [1.807, 2.05) is 37.5 Å². The van der Waals surface area contributed by atoms with Crippen LogP contribution in [-0.2, 0) is 13.0 Å². The van der Waals surface area contributed by atoms with Crippen molar-refractivity contribution in [2.45, 2.75) is 19.9 Å². The summed E-state index contributed by atoms with van der Waals surface area (Å²) in [5, 5.41) is 0. The monoisotopic (exact) mass is 321 g/mol. The van der Waals surface area contributed by atoms with Crippen LogP contribution < -0.4 is 9.64 Å². The fourth-order valence-corrected chi connectivity index (χ4v) is 3.04. The van der Waals surface area contributed by atoms with E-state index in [9.17, 15) is 0 Å². The maximum absolute atomic E-state index is 5.47. The van der Waals surface area contributed by atoms with Gasteiger partial charge in [-0.2, -0.15) is 0 Å². The lowest BCUT2D eigenvalue weighted by Gasteiger charge is -2.28. The number of para-hydroxylation sites is 1. The zero-order valence-electron chi connectivity index (χ0n) is 13.6. The van der Waals surface area contributed by atoms with Gasteiger partial charge >= 0.3 is 0 Å². The molecule has 1 aliphatic rings. The average molecular weight is 321 g/mol. The number of aromatic nitrogens is 4. The molecule has 0 fully saturated rings. The van der Waals surface area contributed by atoms with Gasteiger partial charge in [0.1, 0.15) is 12.1 Å². The largest absolute Gasteiger partial charge is 0.478 e. The number of benzene rings is 1. The zero-order chi connectivity index (χ0) is 16.4. The lowest BCUT2D eigenvalue weighted by atomic mass is 10.1.